The highest BCUT2D eigenvalue weighted by Gasteiger charge is 2.13. The zero-order valence-electron chi connectivity index (χ0n) is 15.7. The third kappa shape index (κ3) is 6.52. The molecular formula is C23H24O3. The van der Waals surface area contributed by atoms with Crippen LogP contribution in [0.1, 0.15) is 47.8 Å². The minimum atomic E-state index is -0.512. The van der Waals surface area contributed by atoms with Crippen molar-refractivity contribution in [3.05, 3.63) is 82.9 Å². The monoisotopic (exact) mass is 348 g/mol. The lowest BCUT2D eigenvalue weighted by molar-refractivity contribution is -0.148. The normalized spacial score (nSPS) is 11.8. The van der Waals surface area contributed by atoms with E-state index in [9.17, 15) is 9.59 Å². The first-order chi connectivity index (χ1) is 12.2. The maximum Gasteiger partial charge on any atom is 0.331 e. The van der Waals surface area contributed by atoms with E-state index in [-0.39, 0.29) is 11.8 Å². The van der Waals surface area contributed by atoms with Gasteiger partial charge in [0.2, 0.25) is 0 Å². The molecule has 0 heterocycles. The minimum absolute atomic E-state index is 0.0419. The largest absolute Gasteiger partial charge is 0.457 e. The summed E-state index contributed by atoms with van der Waals surface area (Å²) >= 11 is 0. The maximum atomic E-state index is 12.2. The minimum Gasteiger partial charge on any atom is -0.457 e. The lowest BCUT2D eigenvalue weighted by atomic mass is 10.1. The molecule has 0 radical (unpaired) electrons. The quantitative estimate of drug-likeness (QED) is 0.421. The number of carbonyl (C=O) groups is 2. The van der Waals surface area contributed by atoms with Crippen molar-refractivity contribution in [2.75, 3.05) is 0 Å². The van der Waals surface area contributed by atoms with E-state index in [1.54, 1.807) is 18.2 Å². The topological polar surface area (TPSA) is 43.4 Å². The van der Waals surface area contributed by atoms with Gasteiger partial charge < -0.3 is 4.74 Å². The van der Waals surface area contributed by atoms with Gasteiger partial charge in [-0.2, -0.15) is 0 Å². The molecule has 0 amide bonds. The molecule has 0 saturated carbocycles. The van der Waals surface area contributed by atoms with E-state index in [2.05, 4.69) is 0 Å². The summed E-state index contributed by atoms with van der Waals surface area (Å²) in [5.74, 6) is -0.423. The van der Waals surface area contributed by atoms with Gasteiger partial charge in [0, 0.05) is 11.6 Å². The van der Waals surface area contributed by atoms with Crippen molar-refractivity contribution in [1.82, 2.24) is 0 Å². The molecule has 0 aliphatic rings. The summed E-state index contributed by atoms with van der Waals surface area (Å²) in [5, 5.41) is 0. The number of hydrogen-bond donors (Lipinski definition) is 0. The van der Waals surface area contributed by atoms with Crippen LogP contribution in [-0.2, 0) is 9.53 Å². The Labute approximate surface area is 155 Å². The summed E-state index contributed by atoms with van der Waals surface area (Å²) in [4.78, 5) is 23.9. The van der Waals surface area contributed by atoms with Crippen molar-refractivity contribution in [2.24, 2.45) is 0 Å². The van der Waals surface area contributed by atoms with Crippen LogP contribution in [-0.4, -0.2) is 17.4 Å². The molecule has 0 aliphatic heterocycles. The van der Waals surface area contributed by atoms with E-state index in [0.29, 0.717) is 5.56 Å². The second-order valence-electron chi connectivity index (χ2n) is 7.10. The fraction of sp³-hybridized carbons (Fsp3) is 0.217. The Morgan fingerprint density at radius 1 is 0.885 bits per heavy atom. The number of carbonyl (C=O) groups excluding carboxylic acids is 2. The van der Waals surface area contributed by atoms with Crippen molar-refractivity contribution < 1.29 is 14.3 Å². The molecule has 2 rings (SSSR count). The molecule has 0 unspecified atom stereocenters. The van der Waals surface area contributed by atoms with Gasteiger partial charge in [-0.3, -0.25) is 4.79 Å². The second kappa shape index (κ2) is 8.43. The number of hydrogen-bond acceptors (Lipinski definition) is 3. The molecule has 0 aliphatic carbocycles. The second-order valence-corrected chi connectivity index (χ2v) is 7.10. The zero-order chi connectivity index (χ0) is 19.2. The van der Waals surface area contributed by atoms with Crippen molar-refractivity contribution in [1.29, 1.82) is 0 Å². The van der Waals surface area contributed by atoms with E-state index in [1.807, 2.05) is 76.2 Å². The maximum absolute atomic E-state index is 12.2. The summed E-state index contributed by atoms with van der Waals surface area (Å²) < 4.78 is 5.24. The molecule has 2 aromatic carbocycles. The number of ketones is 1. The van der Waals surface area contributed by atoms with E-state index in [1.165, 1.54) is 6.08 Å². The van der Waals surface area contributed by atoms with E-state index in [4.69, 9.17) is 4.74 Å². The Morgan fingerprint density at radius 2 is 1.46 bits per heavy atom. The molecule has 0 saturated heterocycles. The number of ether oxygens (including phenoxy) is 1. The molecule has 0 bridgehead atoms. The van der Waals surface area contributed by atoms with Crippen LogP contribution in [0.3, 0.4) is 0 Å². The van der Waals surface area contributed by atoms with Crippen LogP contribution in [0.4, 0.5) is 0 Å². The third-order valence-corrected chi connectivity index (χ3v) is 3.49. The summed E-state index contributed by atoms with van der Waals surface area (Å²) in [7, 11) is 0. The van der Waals surface area contributed by atoms with Crippen LogP contribution in [0.25, 0.3) is 12.2 Å². The Balaban J connectivity index is 2.05. The number of rotatable bonds is 5. The lowest BCUT2D eigenvalue weighted by Gasteiger charge is -2.17. The van der Waals surface area contributed by atoms with Crippen LogP contribution in [0.5, 0.6) is 0 Å². The third-order valence-electron chi connectivity index (χ3n) is 3.49. The van der Waals surface area contributed by atoms with Crippen molar-refractivity contribution in [2.45, 2.75) is 33.3 Å². The Morgan fingerprint density at radius 3 is 2.04 bits per heavy atom. The van der Waals surface area contributed by atoms with Gasteiger partial charge in [0.1, 0.15) is 5.60 Å². The van der Waals surface area contributed by atoms with Gasteiger partial charge in [-0.05, 0) is 57.0 Å². The summed E-state index contributed by atoms with van der Waals surface area (Å²) in [6.45, 7) is 7.47. The Hall–Kier alpha value is -2.94. The highest BCUT2D eigenvalue weighted by atomic mass is 16.6. The molecule has 3 nitrogen and oxygen atoms in total. The first kappa shape index (κ1) is 19.4. The average Bonchev–Trinajstić information content (AvgIpc) is 2.57. The van der Waals surface area contributed by atoms with E-state index < -0.39 is 5.60 Å². The predicted octanol–water partition coefficient (Wildman–Crippen LogP) is 5.25. The van der Waals surface area contributed by atoms with E-state index >= 15 is 0 Å². The number of benzene rings is 2. The van der Waals surface area contributed by atoms with Crippen molar-refractivity contribution in [3.63, 3.8) is 0 Å². The van der Waals surface area contributed by atoms with Gasteiger partial charge in [0.05, 0.1) is 0 Å². The van der Waals surface area contributed by atoms with Crippen LogP contribution in [0, 0.1) is 6.92 Å². The number of esters is 1. The first-order valence-corrected chi connectivity index (χ1v) is 8.53. The van der Waals surface area contributed by atoms with Crippen LogP contribution in [0.15, 0.2) is 60.7 Å². The van der Waals surface area contributed by atoms with Crippen LogP contribution in [0.2, 0.25) is 0 Å². The molecule has 0 fully saturated rings. The fourth-order valence-electron chi connectivity index (χ4n) is 2.25. The van der Waals surface area contributed by atoms with Crippen LogP contribution >= 0.6 is 0 Å². The summed E-state index contributed by atoms with van der Waals surface area (Å²) in [6.07, 6.45) is 6.44. The molecule has 0 atom stereocenters. The fourth-order valence-corrected chi connectivity index (χ4v) is 2.25. The van der Waals surface area contributed by atoms with Gasteiger partial charge >= 0.3 is 5.97 Å². The molecule has 26 heavy (non-hydrogen) atoms. The predicted molar refractivity (Wildman–Crippen MR) is 106 cm³/mol. The summed E-state index contributed by atoms with van der Waals surface area (Å²) in [5.41, 5.74) is 3.02. The molecule has 3 heteroatoms. The Kier molecular flexibility index (Phi) is 6.29. The molecular weight excluding hydrogens is 324 g/mol. The molecule has 0 aromatic heterocycles. The highest BCUT2D eigenvalue weighted by molar-refractivity contribution is 6.06. The van der Waals surface area contributed by atoms with Gasteiger partial charge in [0.15, 0.2) is 5.78 Å². The molecule has 0 spiro atoms. The van der Waals surface area contributed by atoms with Gasteiger partial charge in [-0.1, -0.05) is 54.1 Å². The summed E-state index contributed by atoms with van der Waals surface area (Å²) in [6, 6.07) is 15.1. The number of aryl methyl sites for hydroxylation is 1. The highest BCUT2D eigenvalue weighted by Crippen LogP contribution is 2.12. The van der Waals surface area contributed by atoms with E-state index in [0.717, 1.165) is 16.7 Å². The molecule has 2 aromatic rings. The average molecular weight is 348 g/mol. The Bertz CT molecular complexity index is 835. The molecule has 0 N–H and O–H groups in total. The van der Waals surface area contributed by atoms with Crippen LogP contribution < -0.4 is 0 Å². The number of allylic oxidation sites excluding steroid dienone is 1. The van der Waals surface area contributed by atoms with Crippen molar-refractivity contribution in [3.8, 4) is 0 Å². The molecule has 134 valence electrons. The first-order valence-electron chi connectivity index (χ1n) is 8.53. The van der Waals surface area contributed by atoms with Gasteiger partial charge in [-0.25, -0.2) is 4.79 Å². The van der Waals surface area contributed by atoms with Gasteiger partial charge in [0.25, 0.3) is 0 Å². The smallest absolute Gasteiger partial charge is 0.331 e. The zero-order valence-corrected chi connectivity index (χ0v) is 15.7. The standard InChI is InChI=1S/C23H24O3/c1-17-8-12-20(13-9-17)21(24)14-10-18-6-5-7-19(16-18)11-15-22(25)26-23(2,3)4/h5-16H,1-4H3. The van der Waals surface area contributed by atoms with Gasteiger partial charge in [-0.15, -0.1) is 0 Å². The SMILES string of the molecule is Cc1ccc(C(=O)C=Cc2cccc(C=CC(=O)OC(C)(C)C)c2)cc1. The van der Waals surface area contributed by atoms with Crippen molar-refractivity contribution >= 4 is 23.9 Å². The lowest BCUT2D eigenvalue weighted by Crippen LogP contribution is -2.22.